The van der Waals surface area contributed by atoms with E-state index >= 15 is 0 Å². The van der Waals surface area contributed by atoms with Gasteiger partial charge in [0.25, 0.3) is 0 Å². The second-order valence-electron chi connectivity index (χ2n) is 4.97. The van der Waals surface area contributed by atoms with Crippen LogP contribution in [-0.4, -0.2) is 48.3 Å². The zero-order chi connectivity index (χ0) is 14.5. The number of carboxylic acids is 1. The number of rotatable bonds is 13. The molecule has 0 saturated heterocycles. The van der Waals surface area contributed by atoms with Gasteiger partial charge in [0.1, 0.15) is 0 Å². The van der Waals surface area contributed by atoms with Crippen molar-refractivity contribution in [3.05, 3.63) is 0 Å². The highest BCUT2D eigenvalue weighted by molar-refractivity contribution is 5.67. The van der Waals surface area contributed by atoms with Gasteiger partial charge in [-0.15, -0.1) is 0 Å². The molecular weight excluding hydrogens is 242 g/mol. The number of hydrogen-bond acceptors (Lipinski definition) is 3. The highest BCUT2D eigenvalue weighted by Crippen LogP contribution is 2.08. The van der Waals surface area contributed by atoms with Crippen molar-refractivity contribution in [3.63, 3.8) is 0 Å². The fourth-order valence-corrected chi connectivity index (χ4v) is 2.08. The van der Waals surface area contributed by atoms with Crippen LogP contribution >= 0.6 is 0 Å². The van der Waals surface area contributed by atoms with Crippen LogP contribution in [0.5, 0.6) is 0 Å². The van der Waals surface area contributed by atoms with Crippen LogP contribution in [0.15, 0.2) is 0 Å². The first-order valence-electron chi connectivity index (χ1n) is 7.69. The number of hydrogen-bond donors (Lipinski definition) is 1. The molecule has 0 aromatic carbocycles. The van der Waals surface area contributed by atoms with E-state index in [1.165, 1.54) is 19.3 Å². The lowest BCUT2D eigenvalue weighted by molar-refractivity contribution is -0.140. The molecule has 0 aliphatic carbocycles. The van der Waals surface area contributed by atoms with Crippen molar-refractivity contribution in [2.75, 3.05) is 26.2 Å². The summed E-state index contributed by atoms with van der Waals surface area (Å²) in [4.78, 5) is 13.1. The van der Waals surface area contributed by atoms with Crippen molar-refractivity contribution < 1.29 is 14.6 Å². The molecule has 1 atom stereocenters. The highest BCUT2D eigenvalue weighted by atomic mass is 16.5. The van der Waals surface area contributed by atoms with Gasteiger partial charge in [-0.25, -0.2) is 0 Å². The van der Waals surface area contributed by atoms with E-state index < -0.39 is 5.97 Å². The van der Waals surface area contributed by atoms with Crippen LogP contribution in [0.4, 0.5) is 0 Å². The van der Waals surface area contributed by atoms with E-state index in [0.29, 0.717) is 6.61 Å². The predicted molar refractivity (Wildman–Crippen MR) is 78.5 cm³/mol. The molecule has 0 spiro atoms. The molecule has 0 fully saturated rings. The minimum atomic E-state index is -0.766. The summed E-state index contributed by atoms with van der Waals surface area (Å²) < 4.78 is 5.73. The van der Waals surface area contributed by atoms with Crippen LogP contribution in [0, 0.1) is 0 Å². The van der Waals surface area contributed by atoms with Gasteiger partial charge in [0, 0.05) is 13.2 Å². The van der Waals surface area contributed by atoms with Gasteiger partial charge in [0.15, 0.2) is 0 Å². The minimum Gasteiger partial charge on any atom is -0.481 e. The average Bonchev–Trinajstić information content (AvgIpc) is 2.38. The molecule has 0 bridgehead atoms. The summed E-state index contributed by atoms with van der Waals surface area (Å²) >= 11 is 0. The molecular formula is C15H31NO3. The van der Waals surface area contributed by atoms with Crippen molar-refractivity contribution in [2.24, 2.45) is 0 Å². The quantitative estimate of drug-likeness (QED) is 0.524. The second kappa shape index (κ2) is 12.4. The molecule has 0 aromatic rings. The minimum absolute atomic E-state index is 0.120. The Kier molecular flexibility index (Phi) is 12.0. The summed E-state index contributed by atoms with van der Waals surface area (Å²) in [5, 5.41) is 8.91. The van der Waals surface area contributed by atoms with Crippen LogP contribution in [0.2, 0.25) is 0 Å². The molecule has 19 heavy (non-hydrogen) atoms. The largest absolute Gasteiger partial charge is 0.481 e. The monoisotopic (exact) mass is 273 g/mol. The van der Waals surface area contributed by atoms with Gasteiger partial charge in [-0.1, -0.05) is 40.0 Å². The van der Waals surface area contributed by atoms with E-state index in [1.54, 1.807) is 0 Å². The molecule has 1 unspecified atom stereocenters. The van der Waals surface area contributed by atoms with Gasteiger partial charge in [-0.05, 0) is 25.9 Å². The molecule has 0 saturated carbocycles. The number of carboxylic acid groups (broad SMARTS) is 1. The Balaban J connectivity index is 3.90. The first-order chi connectivity index (χ1) is 9.13. The maximum Gasteiger partial charge on any atom is 0.305 e. The van der Waals surface area contributed by atoms with Crippen LogP contribution in [-0.2, 0) is 9.53 Å². The summed E-state index contributed by atoms with van der Waals surface area (Å²) in [5.41, 5.74) is 0. The SMILES string of the molecule is CCCCCCOC(CCN(CC)CC)CC(=O)O. The number of nitrogens with zero attached hydrogens (tertiary/aromatic N) is 1. The molecule has 0 radical (unpaired) electrons. The molecule has 1 N–H and O–H groups in total. The summed E-state index contributed by atoms with van der Waals surface area (Å²) in [6.45, 7) is 10.1. The van der Waals surface area contributed by atoms with E-state index in [-0.39, 0.29) is 12.5 Å². The number of aliphatic carboxylic acids is 1. The van der Waals surface area contributed by atoms with Crippen molar-refractivity contribution >= 4 is 5.97 Å². The van der Waals surface area contributed by atoms with Crippen LogP contribution in [0.25, 0.3) is 0 Å². The normalized spacial score (nSPS) is 12.8. The molecule has 4 nitrogen and oxygen atoms in total. The zero-order valence-electron chi connectivity index (χ0n) is 12.9. The number of ether oxygens (including phenoxy) is 1. The summed E-state index contributed by atoms with van der Waals surface area (Å²) in [5.74, 6) is -0.766. The lowest BCUT2D eigenvalue weighted by Crippen LogP contribution is -2.29. The fraction of sp³-hybridized carbons (Fsp3) is 0.933. The van der Waals surface area contributed by atoms with Gasteiger partial charge >= 0.3 is 5.97 Å². The molecule has 0 rings (SSSR count). The maximum atomic E-state index is 10.8. The van der Waals surface area contributed by atoms with Crippen molar-refractivity contribution in [3.8, 4) is 0 Å². The Morgan fingerprint density at radius 1 is 1.16 bits per heavy atom. The topological polar surface area (TPSA) is 49.8 Å². The third kappa shape index (κ3) is 11.0. The molecule has 0 aliphatic rings. The van der Waals surface area contributed by atoms with E-state index in [4.69, 9.17) is 9.84 Å². The van der Waals surface area contributed by atoms with Crippen molar-refractivity contribution in [1.29, 1.82) is 0 Å². The van der Waals surface area contributed by atoms with Gasteiger partial charge in [-0.3, -0.25) is 4.79 Å². The van der Waals surface area contributed by atoms with Crippen LogP contribution < -0.4 is 0 Å². The molecule has 4 heteroatoms. The maximum absolute atomic E-state index is 10.8. The molecule has 114 valence electrons. The summed E-state index contributed by atoms with van der Waals surface area (Å²) in [6.07, 6.45) is 5.44. The summed E-state index contributed by atoms with van der Waals surface area (Å²) in [6, 6.07) is 0. The van der Waals surface area contributed by atoms with Gasteiger partial charge in [0.05, 0.1) is 12.5 Å². The average molecular weight is 273 g/mol. The molecule has 0 heterocycles. The molecule has 0 aliphatic heterocycles. The third-order valence-electron chi connectivity index (χ3n) is 3.42. The van der Waals surface area contributed by atoms with E-state index in [1.807, 2.05) is 0 Å². The fourth-order valence-electron chi connectivity index (χ4n) is 2.08. The van der Waals surface area contributed by atoms with Gasteiger partial charge in [-0.2, -0.15) is 0 Å². The standard InChI is InChI=1S/C15H31NO3/c1-4-7-8-9-12-19-14(13-15(17)18)10-11-16(5-2)6-3/h14H,4-13H2,1-3H3,(H,17,18). The molecule has 0 amide bonds. The summed E-state index contributed by atoms with van der Waals surface area (Å²) in [7, 11) is 0. The number of carbonyl (C=O) groups is 1. The Bertz CT molecular complexity index is 217. The Morgan fingerprint density at radius 3 is 2.37 bits per heavy atom. The Morgan fingerprint density at radius 2 is 1.84 bits per heavy atom. The molecule has 0 aromatic heterocycles. The smallest absolute Gasteiger partial charge is 0.305 e. The van der Waals surface area contributed by atoms with Crippen molar-refractivity contribution in [2.45, 2.75) is 65.4 Å². The van der Waals surface area contributed by atoms with Crippen LogP contribution in [0.1, 0.15) is 59.3 Å². The van der Waals surface area contributed by atoms with Gasteiger partial charge in [0.2, 0.25) is 0 Å². The highest BCUT2D eigenvalue weighted by Gasteiger charge is 2.14. The lowest BCUT2D eigenvalue weighted by Gasteiger charge is -2.22. The van der Waals surface area contributed by atoms with Gasteiger partial charge < -0.3 is 14.7 Å². The first kappa shape index (κ1) is 18.4. The third-order valence-corrected chi connectivity index (χ3v) is 3.42. The predicted octanol–water partition coefficient (Wildman–Crippen LogP) is 3.16. The Labute approximate surface area is 118 Å². The zero-order valence-corrected chi connectivity index (χ0v) is 12.9. The van der Waals surface area contributed by atoms with E-state index in [9.17, 15) is 4.79 Å². The van der Waals surface area contributed by atoms with Crippen LogP contribution in [0.3, 0.4) is 0 Å². The second-order valence-corrected chi connectivity index (χ2v) is 4.97. The van der Waals surface area contributed by atoms with E-state index in [0.717, 1.165) is 32.5 Å². The lowest BCUT2D eigenvalue weighted by atomic mass is 10.1. The number of unbranched alkanes of at least 4 members (excludes halogenated alkanes) is 3. The van der Waals surface area contributed by atoms with Crippen molar-refractivity contribution in [1.82, 2.24) is 4.90 Å². The van der Waals surface area contributed by atoms with E-state index in [2.05, 4.69) is 25.7 Å². The Hall–Kier alpha value is -0.610. The first-order valence-corrected chi connectivity index (χ1v) is 7.69.